The van der Waals surface area contributed by atoms with Gasteiger partial charge in [-0.1, -0.05) is 0 Å². The molecule has 0 spiro atoms. The van der Waals surface area contributed by atoms with Crippen molar-refractivity contribution in [2.45, 2.75) is 39.3 Å². The Balaban J connectivity index is 1.71. The van der Waals surface area contributed by atoms with Crippen molar-refractivity contribution in [3.8, 4) is 0 Å². The Morgan fingerprint density at radius 3 is 3.00 bits per heavy atom. The highest BCUT2D eigenvalue weighted by Crippen LogP contribution is 2.15. The zero-order valence-electron chi connectivity index (χ0n) is 10.8. The molecular weight excluding hydrogens is 228 g/mol. The SMILES string of the molecule is Cc1cc(NCc2nnc3n2CCCC3)nn1C. The summed E-state index contributed by atoms with van der Waals surface area (Å²) in [5.41, 5.74) is 1.14. The molecule has 0 fully saturated rings. The van der Waals surface area contributed by atoms with E-state index in [0.717, 1.165) is 36.1 Å². The second-order valence-electron chi connectivity index (χ2n) is 4.79. The van der Waals surface area contributed by atoms with E-state index >= 15 is 0 Å². The van der Waals surface area contributed by atoms with Crippen LogP contribution in [0.5, 0.6) is 0 Å². The molecular formula is C12H18N6. The maximum atomic E-state index is 4.37. The first kappa shape index (κ1) is 11.3. The van der Waals surface area contributed by atoms with Crippen molar-refractivity contribution in [1.82, 2.24) is 24.5 Å². The molecule has 18 heavy (non-hydrogen) atoms. The number of fused-ring (bicyclic) bond motifs is 1. The molecule has 0 saturated heterocycles. The predicted octanol–water partition coefficient (Wildman–Crippen LogP) is 1.27. The molecule has 0 saturated carbocycles. The molecule has 0 aromatic carbocycles. The van der Waals surface area contributed by atoms with E-state index in [1.165, 1.54) is 12.8 Å². The number of nitrogens with one attached hydrogen (secondary N) is 1. The van der Waals surface area contributed by atoms with E-state index in [4.69, 9.17) is 0 Å². The van der Waals surface area contributed by atoms with Crippen LogP contribution in [0.25, 0.3) is 0 Å². The average Bonchev–Trinajstić information content (AvgIpc) is 2.92. The Morgan fingerprint density at radius 2 is 2.22 bits per heavy atom. The van der Waals surface area contributed by atoms with Gasteiger partial charge in [0.2, 0.25) is 0 Å². The van der Waals surface area contributed by atoms with Crippen molar-refractivity contribution in [2.24, 2.45) is 7.05 Å². The molecule has 1 N–H and O–H groups in total. The lowest BCUT2D eigenvalue weighted by Gasteiger charge is -2.14. The van der Waals surface area contributed by atoms with E-state index in [2.05, 4.69) is 25.2 Å². The molecule has 2 aromatic heterocycles. The molecule has 0 bridgehead atoms. The number of nitrogens with zero attached hydrogens (tertiary/aromatic N) is 5. The quantitative estimate of drug-likeness (QED) is 0.886. The minimum Gasteiger partial charge on any atom is -0.361 e. The first-order valence-corrected chi connectivity index (χ1v) is 6.39. The topological polar surface area (TPSA) is 60.6 Å². The molecule has 6 nitrogen and oxygen atoms in total. The van der Waals surface area contributed by atoms with Crippen LogP contribution in [0.2, 0.25) is 0 Å². The third-order valence-corrected chi connectivity index (χ3v) is 3.48. The summed E-state index contributed by atoms with van der Waals surface area (Å²) in [6, 6.07) is 2.04. The van der Waals surface area contributed by atoms with Crippen LogP contribution in [0, 0.1) is 6.92 Å². The van der Waals surface area contributed by atoms with Gasteiger partial charge in [0, 0.05) is 31.8 Å². The summed E-state index contributed by atoms with van der Waals surface area (Å²) in [5, 5.41) is 16.2. The third kappa shape index (κ3) is 1.98. The molecule has 0 amide bonds. The van der Waals surface area contributed by atoms with Crippen LogP contribution in [-0.2, 0) is 26.6 Å². The van der Waals surface area contributed by atoms with Gasteiger partial charge in [0.1, 0.15) is 11.6 Å². The molecule has 96 valence electrons. The highest BCUT2D eigenvalue weighted by Gasteiger charge is 2.15. The van der Waals surface area contributed by atoms with Crippen molar-refractivity contribution in [2.75, 3.05) is 5.32 Å². The van der Waals surface area contributed by atoms with Crippen LogP contribution in [0.1, 0.15) is 30.2 Å². The van der Waals surface area contributed by atoms with Gasteiger partial charge >= 0.3 is 0 Å². The first-order chi connectivity index (χ1) is 8.74. The van der Waals surface area contributed by atoms with Crippen LogP contribution >= 0.6 is 0 Å². The summed E-state index contributed by atoms with van der Waals surface area (Å²) in [6.45, 7) is 3.77. The monoisotopic (exact) mass is 246 g/mol. The van der Waals surface area contributed by atoms with Crippen molar-refractivity contribution in [3.63, 3.8) is 0 Å². The standard InChI is InChI=1S/C12H18N6/c1-9-7-10(16-17(9)2)13-8-12-15-14-11-5-3-4-6-18(11)12/h7H,3-6,8H2,1-2H3,(H,13,16). The minimum absolute atomic E-state index is 0.684. The third-order valence-electron chi connectivity index (χ3n) is 3.48. The van der Waals surface area contributed by atoms with Crippen molar-refractivity contribution in [3.05, 3.63) is 23.4 Å². The predicted molar refractivity (Wildman–Crippen MR) is 68.2 cm³/mol. The molecule has 1 aliphatic rings. The number of hydrogen-bond donors (Lipinski definition) is 1. The Morgan fingerprint density at radius 1 is 1.33 bits per heavy atom. The fourth-order valence-corrected chi connectivity index (χ4v) is 2.32. The molecule has 3 heterocycles. The van der Waals surface area contributed by atoms with Crippen LogP contribution in [-0.4, -0.2) is 24.5 Å². The maximum Gasteiger partial charge on any atom is 0.152 e. The zero-order chi connectivity index (χ0) is 12.5. The summed E-state index contributed by atoms with van der Waals surface area (Å²) in [7, 11) is 1.94. The second-order valence-corrected chi connectivity index (χ2v) is 4.79. The summed E-state index contributed by atoms with van der Waals surface area (Å²) < 4.78 is 4.09. The van der Waals surface area contributed by atoms with Crippen molar-refractivity contribution >= 4 is 5.82 Å². The van der Waals surface area contributed by atoms with Gasteiger partial charge in [-0.05, 0) is 19.8 Å². The lowest BCUT2D eigenvalue weighted by molar-refractivity contribution is 0.509. The van der Waals surface area contributed by atoms with Crippen molar-refractivity contribution in [1.29, 1.82) is 0 Å². The normalized spacial score (nSPS) is 14.6. The van der Waals surface area contributed by atoms with Gasteiger partial charge in [-0.3, -0.25) is 4.68 Å². The Bertz CT molecular complexity index is 533. The van der Waals surface area contributed by atoms with Crippen LogP contribution < -0.4 is 5.32 Å². The molecule has 6 heteroatoms. The molecule has 3 rings (SSSR count). The van der Waals surface area contributed by atoms with Gasteiger partial charge in [-0.2, -0.15) is 5.10 Å². The van der Waals surface area contributed by atoms with E-state index in [0.29, 0.717) is 6.54 Å². The number of rotatable bonds is 3. The number of hydrogen-bond acceptors (Lipinski definition) is 4. The Hall–Kier alpha value is -1.85. The maximum absolute atomic E-state index is 4.37. The Kier molecular flexibility index (Phi) is 2.77. The summed E-state index contributed by atoms with van der Waals surface area (Å²) in [6.07, 6.45) is 3.50. The van der Waals surface area contributed by atoms with E-state index in [1.807, 2.05) is 24.7 Å². The molecule has 0 radical (unpaired) electrons. The molecule has 0 atom stereocenters. The first-order valence-electron chi connectivity index (χ1n) is 6.39. The van der Waals surface area contributed by atoms with E-state index in [-0.39, 0.29) is 0 Å². The van der Waals surface area contributed by atoms with E-state index in [1.54, 1.807) is 0 Å². The van der Waals surface area contributed by atoms with Gasteiger partial charge in [-0.15, -0.1) is 10.2 Å². The number of aromatic nitrogens is 5. The summed E-state index contributed by atoms with van der Waals surface area (Å²) in [5.74, 6) is 3.02. The molecule has 0 aliphatic carbocycles. The van der Waals surface area contributed by atoms with Crippen LogP contribution in [0.15, 0.2) is 6.07 Å². The van der Waals surface area contributed by atoms with E-state index < -0.39 is 0 Å². The average molecular weight is 246 g/mol. The lowest BCUT2D eigenvalue weighted by atomic mass is 10.2. The second kappa shape index (κ2) is 4.44. The van der Waals surface area contributed by atoms with Crippen molar-refractivity contribution < 1.29 is 0 Å². The fourth-order valence-electron chi connectivity index (χ4n) is 2.32. The Labute approximate surface area is 106 Å². The molecule has 2 aromatic rings. The van der Waals surface area contributed by atoms with Crippen LogP contribution in [0.4, 0.5) is 5.82 Å². The number of aryl methyl sites for hydroxylation is 3. The molecule has 1 aliphatic heterocycles. The van der Waals surface area contributed by atoms with Gasteiger partial charge < -0.3 is 9.88 Å². The smallest absolute Gasteiger partial charge is 0.152 e. The van der Waals surface area contributed by atoms with Gasteiger partial charge in [-0.25, -0.2) is 0 Å². The molecule has 0 unspecified atom stereocenters. The largest absolute Gasteiger partial charge is 0.361 e. The minimum atomic E-state index is 0.684. The highest BCUT2D eigenvalue weighted by atomic mass is 15.3. The highest BCUT2D eigenvalue weighted by molar-refractivity contribution is 5.35. The van der Waals surface area contributed by atoms with Gasteiger partial charge in [0.25, 0.3) is 0 Å². The summed E-state index contributed by atoms with van der Waals surface area (Å²) >= 11 is 0. The zero-order valence-corrected chi connectivity index (χ0v) is 10.8. The number of anilines is 1. The lowest BCUT2D eigenvalue weighted by Crippen LogP contribution is -2.15. The van der Waals surface area contributed by atoms with E-state index in [9.17, 15) is 0 Å². The fraction of sp³-hybridized carbons (Fsp3) is 0.583. The van der Waals surface area contributed by atoms with Crippen LogP contribution in [0.3, 0.4) is 0 Å². The van der Waals surface area contributed by atoms with Gasteiger partial charge in [0.05, 0.1) is 6.54 Å². The summed E-state index contributed by atoms with van der Waals surface area (Å²) in [4.78, 5) is 0. The van der Waals surface area contributed by atoms with Gasteiger partial charge in [0.15, 0.2) is 5.82 Å².